The van der Waals surface area contributed by atoms with E-state index in [2.05, 4.69) is 35.4 Å². The van der Waals surface area contributed by atoms with E-state index < -0.39 is 11.6 Å². The summed E-state index contributed by atoms with van der Waals surface area (Å²) in [6.07, 6.45) is 1.87. The largest absolute Gasteiger partial charge is 0.357 e. The van der Waals surface area contributed by atoms with Gasteiger partial charge in [0, 0.05) is 28.7 Å². The van der Waals surface area contributed by atoms with Crippen LogP contribution < -0.4 is 5.32 Å². The van der Waals surface area contributed by atoms with Crippen molar-refractivity contribution in [3.8, 4) is 0 Å². The minimum Gasteiger partial charge on any atom is -0.357 e. The van der Waals surface area contributed by atoms with E-state index in [1.807, 2.05) is 0 Å². The average molecular weight is 312 g/mol. The Hall–Kier alpha value is -2.20. The van der Waals surface area contributed by atoms with Gasteiger partial charge in [0.2, 0.25) is 0 Å². The summed E-state index contributed by atoms with van der Waals surface area (Å²) in [7, 11) is 0. The number of nitrogens with one attached hydrogen (secondary N) is 2. The van der Waals surface area contributed by atoms with Gasteiger partial charge in [-0.05, 0) is 42.2 Å². The number of hydrogen-bond donors (Lipinski definition) is 2. The van der Waals surface area contributed by atoms with Crippen LogP contribution in [-0.4, -0.2) is 11.5 Å². The lowest BCUT2D eigenvalue weighted by atomic mass is 9.93. The first kappa shape index (κ1) is 14.4. The molecule has 4 heteroatoms. The summed E-state index contributed by atoms with van der Waals surface area (Å²) >= 11 is 0. The molecule has 3 aromatic rings. The topological polar surface area (TPSA) is 27.8 Å². The lowest BCUT2D eigenvalue weighted by Crippen LogP contribution is -2.31. The molecule has 2 nitrogen and oxygen atoms in total. The summed E-state index contributed by atoms with van der Waals surface area (Å²) in [5, 5.41) is 4.51. The molecule has 1 aromatic heterocycles. The number of benzene rings is 2. The zero-order chi connectivity index (χ0) is 16.0. The number of hydrogen-bond acceptors (Lipinski definition) is 1. The number of H-pyrrole nitrogens is 1. The highest BCUT2D eigenvalue weighted by Gasteiger charge is 2.28. The molecule has 1 aliphatic rings. The van der Waals surface area contributed by atoms with E-state index in [-0.39, 0.29) is 6.04 Å². The van der Waals surface area contributed by atoms with Crippen molar-refractivity contribution in [3.63, 3.8) is 0 Å². The molecule has 23 heavy (non-hydrogen) atoms. The van der Waals surface area contributed by atoms with Gasteiger partial charge in [-0.1, -0.05) is 25.1 Å². The third kappa shape index (κ3) is 2.25. The van der Waals surface area contributed by atoms with Gasteiger partial charge in [0.05, 0.1) is 6.04 Å². The van der Waals surface area contributed by atoms with Gasteiger partial charge in [0.1, 0.15) is 0 Å². The van der Waals surface area contributed by atoms with Gasteiger partial charge < -0.3 is 10.3 Å². The van der Waals surface area contributed by atoms with Crippen LogP contribution in [0.5, 0.6) is 0 Å². The van der Waals surface area contributed by atoms with E-state index in [4.69, 9.17) is 0 Å². The number of halogens is 2. The van der Waals surface area contributed by atoms with Crippen LogP contribution in [0.1, 0.15) is 35.3 Å². The second-order valence-electron chi connectivity index (χ2n) is 6.03. The van der Waals surface area contributed by atoms with Gasteiger partial charge in [-0.2, -0.15) is 0 Å². The van der Waals surface area contributed by atoms with Crippen LogP contribution in [-0.2, 0) is 12.8 Å². The van der Waals surface area contributed by atoms with Crippen molar-refractivity contribution in [2.45, 2.75) is 25.8 Å². The normalized spacial score (nSPS) is 17.4. The Bertz CT molecular complexity index is 882. The predicted molar refractivity (Wildman–Crippen MR) is 87.6 cm³/mol. The van der Waals surface area contributed by atoms with Crippen LogP contribution in [0.3, 0.4) is 0 Å². The molecule has 0 radical (unpaired) electrons. The van der Waals surface area contributed by atoms with Crippen molar-refractivity contribution in [3.05, 3.63) is 70.4 Å². The molecule has 0 bridgehead atoms. The fourth-order valence-corrected chi connectivity index (χ4v) is 3.50. The van der Waals surface area contributed by atoms with Gasteiger partial charge >= 0.3 is 0 Å². The SMILES string of the molecule is CCc1ccc2[nH]c3c(c2c1)CCNC3c1cccc(F)c1F. The van der Waals surface area contributed by atoms with Crippen LogP contribution in [0.25, 0.3) is 10.9 Å². The van der Waals surface area contributed by atoms with E-state index in [1.165, 1.54) is 16.5 Å². The van der Waals surface area contributed by atoms with Crippen LogP contribution in [0.2, 0.25) is 0 Å². The van der Waals surface area contributed by atoms with Gasteiger partial charge in [0.15, 0.2) is 11.6 Å². The summed E-state index contributed by atoms with van der Waals surface area (Å²) in [6, 6.07) is 10.4. The predicted octanol–water partition coefficient (Wildman–Crippen LogP) is 4.24. The number of aryl methyl sites for hydroxylation is 1. The molecule has 0 fully saturated rings. The van der Waals surface area contributed by atoms with Crippen molar-refractivity contribution in [1.82, 2.24) is 10.3 Å². The number of rotatable bonds is 2. The minimum atomic E-state index is -0.805. The number of aromatic nitrogens is 1. The van der Waals surface area contributed by atoms with Crippen LogP contribution in [0.4, 0.5) is 8.78 Å². The Labute approximate surface area is 133 Å². The van der Waals surface area contributed by atoms with E-state index in [9.17, 15) is 8.78 Å². The first-order chi connectivity index (χ1) is 11.2. The summed E-state index contributed by atoms with van der Waals surface area (Å²) in [4.78, 5) is 3.41. The molecule has 0 spiro atoms. The standard InChI is InChI=1S/C19H18F2N2/c1-2-11-6-7-16-14(10-11)12-8-9-22-18(19(12)23-16)13-4-3-5-15(20)17(13)21/h3-7,10,18,22-23H,2,8-9H2,1H3. The lowest BCUT2D eigenvalue weighted by molar-refractivity contribution is 0.472. The molecule has 0 saturated heterocycles. The molecular weight excluding hydrogens is 294 g/mol. The van der Waals surface area contributed by atoms with Gasteiger partial charge in [0.25, 0.3) is 0 Å². The van der Waals surface area contributed by atoms with Gasteiger partial charge in [-0.25, -0.2) is 8.78 Å². The summed E-state index contributed by atoms with van der Waals surface area (Å²) in [5.41, 5.74) is 4.85. The van der Waals surface area contributed by atoms with Gasteiger partial charge in [-0.15, -0.1) is 0 Å². The highest BCUT2D eigenvalue weighted by Crippen LogP contribution is 2.35. The average Bonchev–Trinajstić information content (AvgIpc) is 2.95. The maximum Gasteiger partial charge on any atom is 0.163 e. The Morgan fingerprint density at radius 1 is 1.17 bits per heavy atom. The fraction of sp³-hybridized carbons (Fsp3) is 0.263. The van der Waals surface area contributed by atoms with Crippen LogP contribution >= 0.6 is 0 Å². The van der Waals surface area contributed by atoms with Crippen molar-refractivity contribution < 1.29 is 8.78 Å². The number of aromatic amines is 1. The lowest BCUT2D eigenvalue weighted by Gasteiger charge is -2.25. The monoisotopic (exact) mass is 312 g/mol. The fourth-order valence-electron chi connectivity index (χ4n) is 3.50. The first-order valence-corrected chi connectivity index (χ1v) is 7.99. The molecule has 0 aliphatic carbocycles. The van der Waals surface area contributed by atoms with Crippen molar-refractivity contribution >= 4 is 10.9 Å². The highest BCUT2D eigenvalue weighted by molar-refractivity contribution is 5.86. The second-order valence-corrected chi connectivity index (χ2v) is 6.03. The Balaban J connectivity index is 1.90. The Kier molecular flexibility index (Phi) is 3.42. The third-order valence-electron chi connectivity index (χ3n) is 4.72. The molecule has 2 N–H and O–H groups in total. The highest BCUT2D eigenvalue weighted by atomic mass is 19.2. The molecule has 1 unspecified atom stereocenters. The van der Waals surface area contributed by atoms with Crippen molar-refractivity contribution in [1.29, 1.82) is 0 Å². The van der Waals surface area contributed by atoms with E-state index in [0.29, 0.717) is 5.56 Å². The van der Waals surface area contributed by atoms with Crippen LogP contribution in [0, 0.1) is 11.6 Å². The molecule has 0 amide bonds. The van der Waals surface area contributed by atoms with E-state index >= 15 is 0 Å². The third-order valence-corrected chi connectivity index (χ3v) is 4.72. The quantitative estimate of drug-likeness (QED) is 0.727. The molecule has 2 heterocycles. The first-order valence-electron chi connectivity index (χ1n) is 7.99. The molecule has 0 saturated carbocycles. The zero-order valence-corrected chi connectivity index (χ0v) is 12.9. The van der Waals surface area contributed by atoms with Crippen LogP contribution in [0.15, 0.2) is 36.4 Å². The van der Waals surface area contributed by atoms with E-state index in [0.717, 1.165) is 36.7 Å². The smallest absolute Gasteiger partial charge is 0.163 e. The minimum absolute atomic E-state index is 0.341. The molecule has 1 aliphatic heterocycles. The maximum absolute atomic E-state index is 14.2. The maximum atomic E-state index is 14.2. The molecule has 2 aromatic carbocycles. The zero-order valence-electron chi connectivity index (χ0n) is 12.9. The Morgan fingerprint density at radius 3 is 2.87 bits per heavy atom. The Morgan fingerprint density at radius 2 is 2.04 bits per heavy atom. The van der Waals surface area contributed by atoms with Crippen molar-refractivity contribution in [2.75, 3.05) is 6.54 Å². The van der Waals surface area contributed by atoms with E-state index in [1.54, 1.807) is 12.1 Å². The summed E-state index contributed by atoms with van der Waals surface area (Å²) < 4.78 is 27.8. The molecule has 118 valence electrons. The summed E-state index contributed by atoms with van der Waals surface area (Å²) in [6.45, 7) is 2.88. The van der Waals surface area contributed by atoms with Crippen molar-refractivity contribution in [2.24, 2.45) is 0 Å². The van der Waals surface area contributed by atoms with Gasteiger partial charge in [-0.3, -0.25) is 0 Å². The molecule has 4 rings (SSSR count). The molecular formula is C19H18F2N2. The molecule has 1 atom stereocenters. The number of fused-ring (bicyclic) bond motifs is 3. The second kappa shape index (κ2) is 5.46. The summed E-state index contributed by atoms with van der Waals surface area (Å²) in [5.74, 6) is -1.58.